The number of hydrogen-bond donors (Lipinski definition) is 1. The Morgan fingerprint density at radius 2 is 2.05 bits per heavy atom. The average Bonchev–Trinajstić information content (AvgIpc) is 2.84. The van der Waals surface area contributed by atoms with Gasteiger partial charge in [-0.2, -0.15) is 5.10 Å². The van der Waals surface area contributed by atoms with Crippen molar-refractivity contribution in [1.29, 1.82) is 0 Å². The number of aryl methyl sites for hydroxylation is 2. The SMILES string of the molecule is CCc1nn(C)cc1CNc1ccccc1C(=O)N(C)C. The Bertz CT molecular complexity index is 631. The third kappa shape index (κ3) is 3.42. The van der Waals surface area contributed by atoms with Crippen LogP contribution in [0.3, 0.4) is 0 Å². The van der Waals surface area contributed by atoms with Gasteiger partial charge in [0.2, 0.25) is 0 Å². The Hall–Kier alpha value is -2.30. The lowest BCUT2D eigenvalue weighted by Gasteiger charge is -2.15. The molecule has 0 aliphatic carbocycles. The van der Waals surface area contributed by atoms with Gasteiger partial charge in [-0.05, 0) is 18.6 Å². The molecule has 1 heterocycles. The zero-order chi connectivity index (χ0) is 15.4. The summed E-state index contributed by atoms with van der Waals surface area (Å²) in [5.74, 6) is 0.00000155. The molecule has 0 bridgehead atoms. The van der Waals surface area contributed by atoms with E-state index in [1.807, 2.05) is 42.2 Å². The highest BCUT2D eigenvalue weighted by atomic mass is 16.2. The minimum atomic E-state index is 0.00000155. The maximum Gasteiger partial charge on any atom is 0.255 e. The van der Waals surface area contributed by atoms with Crippen LogP contribution in [0.25, 0.3) is 0 Å². The number of para-hydroxylation sites is 1. The lowest BCUT2D eigenvalue weighted by Crippen LogP contribution is -2.22. The van der Waals surface area contributed by atoms with Crippen LogP contribution in [0.15, 0.2) is 30.5 Å². The molecule has 0 saturated carbocycles. The number of carbonyl (C=O) groups is 1. The molecule has 1 amide bonds. The monoisotopic (exact) mass is 286 g/mol. The predicted octanol–water partition coefficient (Wildman–Crippen LogP) is 2.30. The summed E-state index contributed by atoms with van der Waals surface area (Å²) in [4.78, 5) is 13.8. The summed E-state index contributed by atoms with van der Waals surface area (Å²) >= 11 is 0. The molecular weight excluding hydrogens is 264 g/mol. The van der Waals surface area contributed by atoms with Crippen molar-refractivity contribution in [2.45, 2.75) is 19.9 Å². The number of hydrogen-bond acceptors (Lipinski definition) is 3. The molecule has 0 spiro atoms. The molecule has 0 unspecified atom stereocenters. The van der Waals surface area contributed by atoms with Gasteiger partial charge in [0, 0.05) is 45.1 Å². The van der Waals surface area contributed by atoms with Crippen LogP contribution in [0.5, 0.6) is 0 Å². The van der Waals surface area contributed by atoms with Crippen molar-refractivity contribution in [3.8, 4) is 0 Å². The average molecular weight is 286 g/mol. The highest BCUT2D eigenvalue weighted by Gasteiger charge is 2.13. The maximum atomic E-state index is 12.2. The fraction of sp³-hybridized carbons (Fsp3) is 0.375. The first-order valence-electron chi connectivity index (χ1n) is 7.08. The topological polar surface area (TPSA) is 50.2 Å². The summed E-state index contributed by atoms with van der Waals surface area (Å²) in [6.45, 7) is 2.75. The Kier molecular flexibility index (Phi) is 4.62. The molecule has 5 nitrogen and oxygen atoms in total. The summed E-state index contributed by atoms with van der Waals surface area (Å²) in [6.07, 6.45) is 2.92. The third-order valence-corrected chi connectivity index (χ3v) is 3.36. The second kappa shape index (κ2) is 6.43. The number of nitrogens with one attached hydrogen (secondary N) is 1. The highest BCUT2D eigenvalue weighted by Crippen LogP contribution is 2.18. The van der Waals surface area contributed by atoms with Gasteiger partial charge in [0.1, 0.15) is 0 Å². The summed E-state index contributed by atoms with van der Waals surface area (Å²) in [6, 6.07) is 7.58. The van der Waals surface area contributed by atoms with Crippen LogP contribution < -0.4 is 5.32 Å². The number of anilines is 1. The molecule has 2 rings (SSSR count). The molecule has 1 aromatic carbocycles. The maximum absolute atomic E-state index is 12.2. The van der Waals surface area contributed by atoms with Crippen molar-refractivity contribution in [3.05, 3.63) is 47.3 Å². The number of aromatic nitrogens is 2. The molecule has 5 heteroatoms. The van der Waals surface area contributed by atoms with Crippen LogP contribution in [0.1, 0.15) is 28.5 Å². The van der Waals surface area contributed by atoms with Crippen molar-refractivity contribution in [3.63, 3.8) is 0 Å². The fourth-order valence-corrected chi connectivity index (χ4v) is 2.28. The molecule has 0 fully saturated rings. The number of benzene rings is 1. The first kappa shape index (κ1) is 15.1. The Labute approximate surface area is 125 Å². The number of rotatable bonds is 5. The summed E-state index contributed by atoms with van der Waals surface area (Å²) < 4.78 is 1.83. The molecule has 0 aliphatic heterocycles. The van der Waals surface area contributed by atoms with Crippen LogP contribution in [0, 0.1) is 0 Å². The van der Waals surface area contributed by atoms with Gasteiger partial charge in [-0.25, -0.2) is 0 Å². The quantitative estimate of drug-likeness (QED) is 0.917. The van der Waals surface area contributed by atoms with Crippen molar-refractivity contribution < 1.29 is 4.79 Å². The minimum absolute atomic E-state index is 0.00000155. The predicted molar refractivity (Wildman–Crippen MR) is 84.4 cm³/mol. The number of nitrogens with zero attached hydrogens (tertiary/aromatic N) is 3. The first-order chi connectivity index (χ1) is 10.0. The smallest absolute Gasteiger partial charge is 0.255 e. The first-order valence-corrected chi connectivity index (χ1v) is 7.08. The van der Waals surface area contributed by atoms with E-state index >= 15 is 0 Å². The third-order valence-electron chi connectivity index (χ3n) is 3.36. The van der Waals surface area contributed by atoms with E-state index in [4.69, 9.17) is 0 Å². The summed E-state index contributed by atoms with van der Waals surface area (Å²) in [7, 11) is 5.44. The van der Waals surface area contributed by atoms with E-state index in [2.05, 4.69) is 17.3 Å². The zero-order valence-corrected chi connectivity index (χ0v) is 13.1. The highest BCUT2D eigenvalue weighted by molar-refractivity contribution is 5.99. The molecule has 0 radical (unpaired) electrons. The van der Waals surface area contributed by atoms with Crippen LogP contribution in [-0.2, 0) is 20.0 Å². The number of carbonyl (C=O) groups excluding carboxylic acids is 1. The van der Waals surface area contributed by atoms with Gasteiger partial charge in [0.15, 0.2) is 0 Å². The van der Waals surface area contributed by atoms with Gasteiger partial charge in [-0.1, -0.05) is 19.1 Å². The van der Waals surface area contributed by atoms with Gasteiger partial charge in [0.25, 0.3) is 5.91 Å². The Balaban J connectivity index is 2.18. The normalized spacial score (nSPS) is 10.5. The van der Waals surface area contributed by atoms with E-state index < -0.39 is 0 Å². The fourth-order valence-electron chi connectivity index (χ4n) is 2.28. The van der Waals surface area contributed by atoms with Crippen molar-refractivity contribution in [2.24, 2.45) is 7.05 Å². The molecule has 1 N–H and O–H groups in total. The Morgan fingerprint density at radius 3 is 2.71 bits per heavy atom. The van der Waals surface area contributed by atoms with E-state index in [1.165, 1.54) is 0 Å². The van der Waals surface area contributed by atoms with Gasteiger partial charge >= 0.3 is 0 Å². The molecular formula is C16H22N4O. The van der Waals surface area contributed by atoms with E-state index in [1.54, 1.807) is 19.0 Å². The number of amides is 1. The van der Waals surface area contributed by atoms with Gasteiger partial charge < -0.3 is 10.2 Å². The lowest BCUT2D eigenvalue weighted by atomic mass is 10.1. The lowest BCUT2D eigenvalue weighted by molar-refractivity contribution is 0.0828. The van der Waals surface area contributed by atoms with Crippen molar-refractivity contribution >= 4 is 11.6 Å². The van der Waals surface area contributed by atoms with Crippen LogP contribution in [0.2, 0.25) is 0 Å². The molecule has 112 valence electrons. The van der Waals surface area contributed by atoms with Gasteiger partial charge in [-0.15, -0.1) is 0 Å². The molecule has 2 aromatic rings. The van der Waals surface area contributed by atoms with Crippen LogP contribution in [0.4, 0.5) is 5.69 Å². The zero-order valence-electron chi connectivity index (χ0n) is 13.1. The summed E-state index contributed by atoms with van der Waals surface area (Å²) in [5.41, 5.74) is 3.78. The summed E-state index contributed by atoms with van der Waals surface area (Å²) in [5, 5.41) is 7.78. The van der Waals surface area contributed by atoms with E-state index in [0.29, 0.717) is 12.1 Å². The molecule has 0 atom stereocenters. The molecule has 0 saturated heterocycles. The Morgan fingerprint density at radius 1 is 1.33 bits per heavy atom. The second-order valence-electron chi connectivity index (χ2n) is 5.23. The van der Waals surface area contributed by atoms with Crippen molar-refractivity contribution in [2.75, 3.05) is 19.4 Å². The second-order valence-corrected chi connectivity index (χ2v) is 5.23. The van der Waals surface area contributed by atoms with E-state index in [9.17, 15) is 4.79 Å². The van der Waals surface area contributed by atoms with E-state index in [-0.39, 0.29) is 5.91 Å². The molecule has 21 heavy (non-hydrogen) atoms. The minimum Gasteiger partial charge on any atom is -0.380 e. The largest absolute Gasteiger partial charge is 0.380 e. The van der Waals surface area contributed by atoms with Crippen molar-refractivity contribution in [1.82, 2.24) is 14.7 Å². The van der Waals surface area contributed by atoms with E-state index in [0.717, 1.165) is 23.4 Å². The molecule has 0 aliphatic rings. The molecule has 1 aromatic heterocycles. The van der Waals surface area contributed by atoms with Gasteiger partial charge in [-0.3, -0.25) is 9.48 Å². The standard InChI is InChI=1S/C16H22N4O/c1-5-14-12(11-20(4)18-14)10-17-15-9-7-6-8-13(15)16(21)19(2)3/h6-9,11,17H,5,10H2,1-4H3. The van der Waals surface area contributed by atoms with Crippen LogP contribution >= 0.6 is 0 Å². The van der Waals surface area contributed by atoms with Crippen LogP contribution in [-0.4, -0.2) is 34.7 Å². The van der Waals surface area contributed by atoms with Gasteiger partial charge in [0.05, 0.1) is 11.3 Å².